The van der Waals surface area contributed by atoms with Crippen LogP contribution in [0.15, 0.2) is 12.1 Å². The predicted molar refractivity (Wildman–Crippen MR) is 101 cm³/mol. The maximum Gasteiger partial charge on any atom is 0.341 e. The van der Waals surface area contributed by atoms with Crippen molar-refractivity contribution in [2.45, 2.75) is 77.7 Å². The van der Waals surface area contributed by atoms with Crippen LogP contribution in [0, 0.1) is 11.2 Å². The van der Waals surface area contributed by atoms with Crippen molar-refractivity contribution >= 4 is 11.8 Å². The molecule has 0 aliphatic heterocycles. The Morgan fingerprint density at radius 1 is 1.22 bits per heavy atom. The van der Waals surface area contributed by atoms with Gasteiger partial charge in [-0.05, 0) is 64.5 Å². The summed E-state index contributed by atoms with van der Waals surface area (Å²) >= 11 is 0. The molecule has 0 radical (unpaired) electrons. The third kappa shape index (κ3) is 4.88. The molecule has 1 aromatic carbocycles. The number of carbonyl (C=O) groups excluding carboxylic acids is 2. The molecule has 2 aliphatic carbocycles. The molecule has 0 bridgehead atoms. The van der Waals surface area contributed by atoms with Gasteiger partial charge < -0.3 is 9.47 Å². The average Bonchev–Trinajstić information content (AvgIpc) is 3.39. The van der Waals surface area contributed by atoms with Gasteiger partial charge in [0, 0.05) is 23.8 Å². The maximum absolute atomic E-state index is 15.1. The second kappa shape index (κ2) is 7.25. The lowest BCUT2D eigenvalue weighted by atomic mass is 9.76. The number of rotatable bonds is 5. The van der Waals surface area contributed by atoms with Crippen LogP contribution in [0.5, 0.6) is 5.75 Å². The molecule has 27 heavy (non-hydrogen) atoms. The van der Waals surface area contributed by atoms with Gasteiger partial charge in [0.1, 0.15) is 23.0 Å². The van der Waals surface area contributed by atoms with Gasteiger partial charge in [-0.3, -0.25) is 4.79 Å². The third-order valence-electron chi connectivity index (χ3n) is 5.34. The van der Waals surface area contributed by atoms with Crippen LogP contribution in [-0.4, -0.2) is 24.0 Å². The molecule has 2 aliphatic rings. The lowest BCUT2D eigenvalue weighted by molar-refractivity contribution is -0.122. The zero-order valence-corrected chi connectivity index (χ0v) is 16.7. The fraction of sp³-hybridized carbons (Fsp3) is 0.636. The van der Waals surface area contributed by atoms with E-state index in [2.05, 4.69) is 6.92 Å². The summed E-state index contributed by atoms with van der Waals surface area (Å²) in [5.41, 5.74) is -0.289. The van der Waals surface area contributed by atoms with Crippen LogP contribution in [-0.2, 0) is 9.53 Å². The lowest BCUT2D eigenvalue weighted by Crippen LogP contribution is -2.31. The van der Waals surface area contributed by atoms with E-state index in [0.29, 0.717) is 36.5 Å². The highest BCUT2D eigenvalue weighted by Gasteiger charge is 2.35. The fourth-order valence-corrected chi connectivity index (χ4v) is 3.47. The highest BCUT2D eigenvalue weighted by molar-refractivity contribution is 5.90. The Bertz CT molecular complexity index is 733. The number of ketones is 1. The Morgan fingerprint density at radius 2 is 1.85 bits per heavy atom. The Morgan fingerprint density at radius 3 is 2.41 bits per heavy atom. The topological polar surface area (TPSA) is 52.6 Å². The van der Waals surface area contributed by atoms with Gasteiger partial charge in [0.2, 0.25) is 0 Å². The molecule has 0 saturated heterocycles. The lowest BCUT2D eigenvalue weighted by Gasteiger charge is -2.33. The van der Waals surface area contributed by atoms with E-state index in [-0.39, 0.29) is 16.9 Å². The van der Waals surface area contributed by atoms with E-state index in [1.165, 1.54) is 6.07 Å². The molecule has 2 fully saturated rings. The van der Waals surface area contributed by atoms with Crippen LogP contribution in [0.1, 0.15) is 88.1 Å². The predicted octanol–water partition coefficient (Wildman–Crippen LogP) is 5.19. The average molecular weight is 376 g/mol. The highest BCUT2D eigenvalue weighted by atomic mass is 19.1. The highest BCUT2D eigenvalue weighted by Crippen LogP contribution is 2.47. The number of hydrogen-bond donors (Lipinski definition) is 0. The molecular weight excluding hydrogens is 347 g/mol. The fourth-order valence-electron chi connectivity index (χ4n) is 3.47. The Labute approximate surface area is 160 Å². The first-order valence-corrected chi connectivity index (χ1v) is 9.78. The van der Waals surface area contributed by atoms with Gasteiger partial charge in [0.25, 0.3) is 0 Å². The zero-order chi connectivity index (χ0) is 19.8. The van der Waals surface area contributed by atoms with Gasteiger partial charge in [0.05, 0.1) is 12.2 Å². The van der Waals surface area contributed by atoms with Crippen molar-refractivity contribution in [3.63, 3.8) is 0 Å². The molecule has 0 N–H and O–H groups in total. The summed E-state index contributed by atoms with van der Waals surface area (Å²) in [4.78, 5) is 23.8. The molecule has 0 heterocycles. The quantitative estimate of drug-likeness (QED) is 0.664. The van der Waals surface area contributed by atoms with E-state index in [1.54, 1.807) is 26.8 Å². The molecule has 0 unspecified atom stereocenters. The number of hydrogen-bond acceptors (Lipinski definition) is 4. The van der Waals surface area contributed by atoms with Gasteiger partial charge in [-0.2, -0.15) is 0 Å². The number of benzene rings is 1. The molecule has 5 heteroatoms. The molecule has 0 amide bonds. The Kier molecular flexibility index (Phi) is 5.33. The summed E-state index contributed by atoms with van der Waals surface area (Å²) in [7, 11) is 0. The molecule has 2 saturated carbocycles. The van der Waals surface area contributed by atoms with E-state index in [0.717, 1.165) is 25.7 Å². The molecule has 0 spiro atoms. The summed E-state index contributed by atoms with van der Waals surface area (Å²) in [6, 6.07) is 3.14. The zero-order valence-electron chi connectivity index (χ0n) is 16.7. The van der Waals surface area contributed by atoms with Crippen molar-refractivity contribution in [1.29, 1.82) is 0 Å². The summed E-state index contributed by atoms with van der Waals surface area (Å²) < 4.78 is 26.5. The van der Waals surface area contributed by atoms with E-state index < -0.39 is 17.4 Å². The van der Waals surface area contributed by atoms with E-state index in [4.69, 9.17) is 9.47 Å². The van der Waals surface area contributed by atoms with Crippen LogP contribution < -0.4 is 4.74 Å². The van der Waals surface area contributed by atoms with Crippen LogP contribution >= 0.6 is 0 Å². The first-order valence-electron chi connectivity index (χ1n) is 9.78. The molecule has 148 valence electrons. The standard InChI is InChI=1S/C22H29FO4/c1-21(2,3)27-20(25)16-7-8-17(18(19(16)23)14-5-6-14)26-13-22(4)11-9-15(24)10-12-22/h7-8,14H,5-6,9-13H2,1-4H3. The monoisotopic (exact) mass is 376 g/mol. The van der Waals surface area contributed by atoms with Crippen molar-refractivity contribution in [1.82, 2.24) is 0 Å². The van der Waals surface area contributed by atoms with Crippen LogP contribution in [0.2, 0.25) is 0 Å². The van der Waals surface area contributed by atoms with Crippen LogP contribution in [0.3, 0.4) is 0 Å². The summed E-state index contributed by atoms with van der Waals surface area (Å²) in [5.74, 6) is -0.248. The van der Waals surface area contributed by atoms with Crippen molar-refractivity contribution in [2.75, 3.05) is 6.61 Å². The second-order valence-electron chi connectivity index (χ2n) is 9.25. The van der Waals surface area contributed by atoms with Crippen LogP contribution in [0.25, 0.3) is 0 Å². The SMILES string of the molecule is CC1(COc2ccc(C(=O)OC(C)(C)C)c(F)c2C2CC2)CCC(=O)CC1. The number of carbonyl (C=O) groups is 2. The van der Waals surface area contributed by atoms with E-state index >= 15 is 4.39 Å². The minimum atomic E-state index is -0.675. The van der Waals surface area contributed by atoms with Gasteiger partial charge >= 0.3 is 5.97 Å². The summed E-state index contributed by atoms with van der Waals surface area (Å²) in [6.45, 7) is 7.85. The van der Waals surface area contributed by atoms with Gasteiger partial charge in [0.15, 0.2) is 0 Å². The Hall–Kier alpha value is -1.91. The number of ether oxygens (including phenoxy) is 2. The van der Waals surface area contributed by atoms with E-state index in [1.807, 2.05) is 0 Å². The minimum Gasteiger partial charge on any atom is -0.493 e. The largest absolute Gasteiger partial charge is 0.493 e. The summed E-state index contributed by atoms with van der Waals surface area (Å²) in [5, 5.41) is 0. The van der Waals surface area contributed by atoms with E-state index in [9.17, 15) is 9.59 Å². The summed E-state index contributed by atoms with van der Waals surface area (Å²) in [6.07, 6.45) is 4.56. The van der Waals surface area contributed by atoms with Crippen molar-refractivity contribution in [3.05, 3.63) is 29.1 Å². The molecule has 0 aromatic heterocycles. The van der Waals surface area contributed by atoms with Gasteiger partial charge in [-0.1, -0.05) is 6.92 Å². The van der Waals surface area contributed by atoms with Crippen LogP contribution in [0.4, 0.5) is 4.39 Å². The molecule has 1 aromatic rings. The smallest absolute Gasteiger partial charge is 0.341 e. The number of esters is 1. The van der Waals surface area contributed by atoms with Gasteiger partial charge in [-0.15, -0.1) is 0 Å². The molecule has 0 atom stereocenters. The van der Waals surface area contributed by atoms with Gasteiger partial charge in [-0.25, -0.2) is 9.18 Å². The Balaban J connectivity index is 1.79. The molecule has 4 nitrogen and oxygen atoms in total. The number of halogens is 1. The molecular formula is C22H29FO4. The molecule has 3 rings (SSSR count). The third-order valence-corrected chi connectivity index (χ3v) is 5.34. The second-order valence-corrected chi connectivity index (χ2v) is 9.25. The normalized spacial score (nSPS) is 19.7. The first-order chi connectivity index (χ1) is 12.6. The first kappa shape index (κ1) is 19.8. The van der Waals surface area contributed by atoms with Crippen molar-refractivity contribution < 1.29 is 23.5 Å². The minimum absolute atomic E-state index is 0.0337. The van der Waals surface area contributed by atoms with Crippen molar-refractivity contribution in [2.24, 2.45) is 5.41 Å². The number of Topliss-reactive ketones (excluding diaryl/α,β-unsaturated/α-hetero) is 1. The maximum atomic E-state index is 15.1. The van der Waals surface area contributed by atoms with Crippen molar-refractivity contribution in [3.8, 4) is 5.75 Å².